The number of aliphatic hydroxyl groups excluding tert-OH is 1. The molecule has 23 heavy (non-hydrogen) atoms. The summed E-state index contributed by atoms with van der Waals surface area (Å²) in [7, 11) is 0. The third-order valence-corrected chi connectivity index (χ3v) is 5.56. The van der Waals surface area contributed by atoms with Crippen molar-refractivity contribution in [1.29, 1.82) is 0 Å². The molecule has 5 nitrogen and oxygen atoms in total. The quantitative estimate of drug-likeness (QED) is 0.763. The van der Waals surface area contributed by atoms with E-state index in [0.29, 0.717) is 6.54 Å². The zero-order valence-corrected chi connectivity index (χ0v) is 14.2. The minimum atomic E-state index is -0.359. The summed E-state index contributed by atoms with van der Waals surface area (Å²) >= 11 is 7.66. The highest BCUT2D eigenvalue weighted by Gasteiger charge is 2.33. The molecule has 2 atom stereocenters. The van der Waals surface area contributed by atoms with Crippen molar-refractivity contribution in [2.45, 2.75) is 19.4 Å². The van der Waals surface area contributed by atoms with Crippen molar-refractivity contribution in [1.82, 2.24) is 15.2 Å². The van der Waals surface area contributed by atoms with Crippen LogP contribution in [0.25, 0.3) is 10.2 Å². The Balaban J connectivity index is 1.53. The van der Waals surface area contributed by atoms with Gasteiger partial charge in [-0.2, -0.15) is 5.10 Å². The molecule has 120 valence electrons. The first kappa shape index (κ1) is 14.9. The molecule has 2 N–H and O–H groups in total. The maximum Gasteiger partial charge on any atom is 0.186 e. The summed E-state index contributed by atoms with van der Waals surface area (Å²) in [5, 5.41) is 19.3. The second kappa shape index (κ2) is 5.78. The number of nitrogens with zero attached hydrogens (tertiary/aromatic N) is 3. The fraction of sp³-hybridized carbons (Fsp3) is 0.375. The summed E-state index contributed by atoms with van der Waals surface area (Å²) in [4.78, 5) is 6.83. The summed E-state index contributed by atoms with van der Waals surface area (Å²) in [5.41, 5.74) is 3.01. The second-order valence-electron chi connectivity index (χ2n) is 6.09. The van der Waals surface area contributed by atoms with Crippen LogP contribution >= 0.6 is 22.9 Å². The SMILES string of the molecule is Cc1cc(C[C@@H]2CN(c3nc4ccc(Cl)cc4s3)C[C@H]2O)n[nH]1. The second-order valence-corrected chi connectivity index (χ2v) is 7.53. The topological polar surface area (TPSA) is 65.0 Å². The minimum absolute atomic E-state index is 0.174. The maximum absolute atomic E-state index is 10.4. The third-order valence-electron chi connectivity index (χ3n) is 4.25. The van der Waals surface area contributed by atoms with Crippen LogP contribution in [0.2, 0.25) is 5.02 Å². The van der Waals surface area contributed by atoms with Crippen molar-refractivity contribution in [3.8, 4) is 0 Å². The highest BCUT2D eigenvalue weighted by Crippen LogP contribution is 2.34. The standard InChI is InChI=1S/C16H17ClN4OS/c1-9-4-12(20-19-9)5-10-7-21(8-14(10)22)16-18-13-3-2-11(17)6-15(13)23-16/h2-4,6,10,14,22H,5,7-8H2,1H3,(H,19,20)/t10-,14-/m1/s1. The number of benzene rings is 1. The number of β-amino-alcohol motifs (C(OH)–C–C–N with tert-alkyl or cyclic N) is 1. The number of anilines is 1. The Bertz CT molecular complexity index is 846. The van der Waals surface area contributed by atoms with Crippen molar-refractivity contribution >= 4 is 38.3 Å². The fourth-order valence-electron chi connectivity index (χ4n) is 3.08. The van der Waals surface area contributed by atoms with Gasteiger partial charge in [0.25, 0.3) is 0 Å². The van der Waals surface area contributed by atoms with E-state index in [9.17, 15) is 5.11 Å². The van der Waals surface area contributed by atoms with Gasteiger partial charge < -0.3 is 10.0 Å². The number of rotatable bonds is 3. The van der Waals surface area contributed by atoms with Crippen molar-refractivity contribution in [3.63, 3.8) is 0 Å². The molecule has 3 aromatic rings. The first-order valence-electron chi connectivity index (χ1n) is 7.58. The maximum atomic E-state index is 10.4. The van der Waals surface area contributed by atoms with Crippen molar-refractivity contribution in [2.24, 2.45) is 5.92 Å². The Labute approximate surface area is 142 Å². The van der Waals surface area contributed by atoms with Gasteiger partial charge in [-0.15, -0.1) is 0 Å². The number of hydrogen-bond donors (Lipinski definition) is 2. The molecule has 0 bridgehead atoms. The lowest BCUT2D eigenvalue weighted by atomic mass is 10.0. The predicted octanol–water partition coefficient (Wildman–Crippen LogP) is 3.02. The lowest BCUT2D eigenvalue weighted by Crippen LogP contribution is -2.20. The van der Waals surface area contributed by atoms with E-state index >= 15 is 0 Å². The highest BCUT2D eigenvalue weighted by molar-refractivity contribution is 7.22. The molecule has 0 aliphatic carbocycles. The van der Waals surface area contributed by atoms with Crippen molar-refractivity contribution < 1.29 is 5.11 Å². The van der Waals surface area contributed by atoms with E-state index < -0.39 is 0 Å². The van der Waals surface area contributed by atoms with Gasteiger partial charge in [-0.1, -0.05) is 22.9 Å². The number of aryl methyl sites for hydroxylation is 1. The average molecular weight is 349 g/mol. The van der Waals surface area contributed by atoms with Crippen LogP contribution in [-0.2, 0) is 6.42 Å². The van der Waals surface area contributed by atoms with Crippen LogP contribution in [0.15, 0.2) is 24.3 Å². The molecule has 1 fully saturated rings. The van der Waals surface area contributed by atoms with Crippen molar-refractivity contribution in [3.05, 3.63) is 40.7 Å². The lowest BCUT2D eigenvalue weighted by Gasteiger charge is -2.13. The summed E-state index contributed by atoms with van der Waals surface area (Å²) in [6, 6.07) is 7.77. The van der Waals surface area contributed by atoms with Crippen LogP contribution in [0.1, 0.15) is 11.4 Å². The minimum Gasteiger partial charge on any atom is -0.391 e. The molecule has 7 heteroatoms. The van der Waals surface area contributed by atoms with Gasteiger partial charge in [-0.05, 0) is 37.6 Å². The molecule has 1 aliphatic rings. The van der Waals surface area contributed by atoms with Crippen LogP contribution in [-0.4, -0.2) is 39.5 Å². The van der Waals surface area contributed by atoms with E-state index in [-0.39, 0.29) is 12.0 Å². The van der Waals surface area contributed by atoms with Crippen LogP contribution in [0, 0.1) is 12.8 Å². The average Bonchev–Trinajstić information content (AvgIpc) is 3.19. The molecule has 0 spiro atoms. The molecular weight excluding hydrogens is 332 g/mol. The van der Waals surface area contributed by atoms with Gasteiger partial charge in [0.1, 0.15) is 0 Å². The molecule has 1 aromatic carbocycles. The molecule has 3 heterocycles. The van der Waals surface area contributed by atoms with E-state index in [4.69, 9.17) is 11.6 Å². The molecule has 0 unspecified atom stereocenters. The first-order valence-corrected chi connectivity index (χ1v) is 8.78. The van der Waals surface area contributed by atoms with Gasteiger partial charge in [0.2, 0.25) is 0 Å². The lowest BCUT2D eigenvalue weighted by molar-refractivity contribution is 0.148. The molecular formula is C16H17ClN4OS. The Hall–Kier alpha value is -1.63. The molecule has 1 aliphatic heterocycles. The molecule has 0 radical (unpaired) electrons. The molecule has 4 rings (SSSR count). The van der Waals surface area contributed by atoms with E-state index in [1.807, 2.05) is 31.2 Å². The number of aromatic amines is 1. The smallest absolute Gasteiger partial charge is 0.186 e. The number of aliphatic hydroxyl groups is 1. The van der Waals surface area contributed by atoms with Crippen LogP contribution < -0.4 is 4.90 Å². The predicted molar refractivity (Wildman–Crippen MR) is 93.4 cm³/mol. The number of nitrogens with one attached hydrogen (secondary N) is 1. The number of H-pyrrole nitrogens is 1. The number of fused-ring (bicyclic) bond motifs is 1. The highest BCUT2D eigenvalue weighted by atomic mass is 35.5. The number of thiazole rings is 1. The van der Waals surface area contributed by atoms with Gasteiger partial charge in [0.05, 0.1) is 22.0 Å². The normalized spacial score (nSPS) is 21.4. The van der Waals surface area contributed by atoms with Gasteiger partial charge >= 0.3 is 0 Å². The molecule has 1 saturated heterocycles. The molecule has 0 amide bonds. The zero-order valence-electron chi connectivity index (χ0n) is 12.7. The Morgan fingerprint density at radius 1 is 1.39 bits per heavy atom. The van der Waals surface area contributed by atoms with Crippen molar-refractivity contribution in [2.75, 3.05) is 18.0 Å². The summed E-state index contributed by atoms with van der Waals surface area (Å²) < 4.78 is 1.08. The van der Waals surface area contributed by atoms with Gasteiger partial charge in [0, 0.05) is 29.7 Å². The van der Waals surface area contributed by atoms with Crippen LogP contribution in [0.3, 0.4) is 0 Å². The van der Waals surface area contributed by atoms with E-state index in [1.165, 1.54) is 0 Å². The molecule has 0 saturated carbocycles. The molecule has 2 aromatic heterocycles. The fourth-order valence-corrected chi connectivity index (χ4v) is 4.34. The third kappa shape index (κ3) is 2.94. The summed E-state index contributed by atoms with van der Waals surface area (Å²) in [6.07, 6.45) is 0.418. The summed E-state index contributed by atoms with van der Waals surface area (Å²) in [6.45, 7) is 3.39. The zero-order chi connectivity index (χ0) is 16.0. The Morgan fingerprint density at radius 2 is 2.26 bits per heavy atom. The monoisotopic (exact) mass is 348 g/mol. The van der Waals surface area contributed by atoms with Crippen LogP contribution in [0.4, 0.5) is 5.13 Å². The van der Waals surface area contributed by atoms with E-state index in [2.05, 4.69) is 20.1 Å². The van der Waals surface area contributed by atoms with Gasteiger partial charge in [-0.25, -0.2) is 4.98 Å². The van der Waals surface area contributed by atoms with Gasteiger partial charge in [-0.3, -0.25) is 5.10 Å². The largest absolute Gasteiger partial charge is 0.391 e. The Morgan fingerprint density at radius 3 is 3.04 bits per heavy atom. The van der Waals surface area contributed by atoms with Gasteiger partial charge in [0.15, 0.2) is 5.13 Å². The number of halogens is 1. The van der Waals surface area contributed by atoms with E-state index in [1.54, 1.807) is 11.3 Å². The van der Waals surface area contributed by atoms with E-state index in [0.717, 1.165) is 44.7 Å². The first-order chi connectivity index (χ1) is 11.1. The Kier molecular flexibility index (Phi) is 3.75. The number of aromatic nitrogens is 3. The number of hydrogen-bond acceptors (Lipinski definition) is 5. The van der Waals surface area contributed by atoms with Crippen LogP contribution in [0.5, 0.6) is 0 Å². The summed E-state index contributed by atoms with van der Waals surface area (Å²) in [5.74, 6) is 0.174.